The summed E-state index contributed by atoms with van der Waals surface area (Å²) in [4.78, 5) is 12.1. The molecule has 0 aliphatic heterocycles. The SMILES string of the molecule is CCCC(C(=O)NC(C)Cc1ccsc1)C(N)=NO. The number of oxime groups is 1. The summed E-state index contributed by atoms with van der Waals surface area (Å²) in [5.41, 5.74) is 6.76. The number of nitrogens with one attached hydrogen (secondary N) is 1. The molecule has 0 aliphatic carbocycles. The third-order valence-corrected chi connectivity index (χ3v) is 3.61. The number of hydrogen-bond acceptors (Lipinski definition) is 4. The van der Waals surface area contributed by atoms with Crippen molar-refractivity contribution in [2.45, 2.75) is 39.2 Å². The van der Waals surface area contributed by atoms with Crippen LogP contribution in [-0.4, -0.2) is 23.0 Å². The topological polar surface area (TPSA) is 87.7 Å². The van der Waals surface area contributed by atoms with Crippen molar-refractivity contribution in [1.82, 2.24) is 5.32 Å². The summed E-state index contributed by atoms with van der Waals surface area (Å²) in [6.45, 7) is 3.91. The van der Waals surface area contributed by atoms with Crippen LogP contribution in [0.3, 0.4) is 0 Å². The molecule has 0 spiro atoms. The zero-order chi connectivity index (χ0) is 14.3. The van der Waals surface area contributed by atoms with E-state index >= 15 is 0 Å². The smallest absolute Gasteiger partial charge is 0.231 e. The van der Waals surface area contributed by atoms with Crippen molar-refractivity contribution in [1.29, 1.82) is 0 Å². The van der Waals surface area contributed by atoms with Gasteiger partial charge in [0.2, 0.25) is 5.91 Å². The van der Waals surface area contributed by atoms with Gasteiger partial charge in [0.25, 0.3) is 0 Å². The van der Waals surface area contributed by atoms with E-state index in [1.54, 1.807) is 11.3 Å². The predicted octanol–water partition coefficient (Wildman–Crippen LogP) is 1.96. The second-order valence-corrected chi connectivity index (χ2v) is 5.39. The van der Waals surface area contributed by atoms with Gasteiger partial charge in [-0.1, -0.05) is 18.5 Å². The second kappa shape index (κ2) is 7.78. The van der Waals surface area contributed by atoms with Crippen LogP contribution in [0.4, 0.5) is 0 Å². The van der Waals surface area contributed by atoms with Gasteiger partial charge in [-0.05, 0) is 42.2 Å². The molecule has 0 radical (unpaired) electrons. The Balaban J connectivity index is 2.55. The summed E-state index contributed by atoms with van der Waals surface area (Å²) < 4.78 is 0. The van der Waals surface area contributed by atoms with Crippen molar-refractivity contribution in [2.75, 3.05) is 0 Å². The van der Waals surface area contributed by atoms with E-state index in [1.807, 2.05) is 25.3 Å². The van der Waals surface area contributed by atoms with Crippen molar-refractivity contribution in [3.05, 3.63) is 22.4 Å². The molecule has 5 nitrogen and oxygen atoms in total. The molecule has 1 heterocycles. The molecule has 6 heteroatoms. The van der Waals surface area contributed by atoms with E-state index in [9.17, 15) is 4.79 Å². The Morgan fingerprint density at radius 1 is 1.63 bits per heavy atom. The van der Waals surface area contributed by atoms with Gasteiger partial charge in [0.05, 0.1) is 5.92 Å². The van der Waals surface area contributed by atoms with Crippen LogP contribution in [0.1, 0.15) is 32.3 Å². The number of carbonyl (C=O) groups excluding carboxylic acids is 1. The summed E-state index contributed by atoms with van der Waals surface area (Å²) in [7, 11) is 0. The van der Waals surface area contributed by atoms with E-state index in [-0.39, 0.29) is 17.8 Å². The highest BCUT2D eigenvalue weighted by atomic mass is 32.1. The highest BCUT2D eigenvalue weighted by Crippen LogP contribution is 2.11. The lowest BCUT2D eigenvalue weighted by Crippen LogP contribution is -2.43. The second-order valence-electron chi connectivity index (χ2n) is 4.61. The largest absolute Gasteiger partial charge is 0.409 e. The van der Waals surface area contributed by atoms with Gasteiger partial charge in [-0.3, -0.25) is 4.79 Å². The first-order valence-electron chi connectivity index (χ1n) is 6.37. The molecule has 1 aromatic heterocycles. The molecule has 0 bridgehead atoms. The number of nitrogens with zero attached hydrogens (tertiary/aromatic N) is 1. The molecule has 1 rings (SSSR count). The fraction of sp³-hybridized carbons (Fsp3) is 0.538. The van der Waals surface area contributed by atoms with E-state index in [2.05, 4.69) is 15.9 Å². The number of carbonyl (C=O) groups is 1. The number of rotatable bonds is 7. The Morgan fingerprint density at radius 2 is 2.37 bits per heavy atom. The summed E-state index contributed by atoms with van der Waals surface area (Å²) in [6, 6.07) is 2.06. The molecule has 2 unspecified atom stereocenters. The van der Waals surface area contributed by atoms with Crippen molar-refractivity contribution < 1.29 is 10.0 Å². The number of thiophene rings is 1. The maximum absolute atomic E-state index is 12.1. The van der Waals surface area contributed by atoms with Gasteiger partial charge in [-0.15, -0.1) is 0 Å². The fourth-order valence-corrected chi connectivity index (χ4v) is 2.61. The molecule has 1 aromatic rings. The van der Waals surface area contributed by atoms with Crippen LogP contribution in [-0.2, 0) is 11.2 Å². The third kappa shape index (κ3) is 4.90. The number of hydrogen-bond donors (Lipinski definition) is 3. The van der Waals surface area contributed by atoms with Crippen molar-refractivity contribution in [3.63, 3.8) is 0 Å². The van der Waals surface area contributed by atoms with Gasteiger partial charge in [0, 0.05) is 6.04 Å². The monoisotopic (exact) mass is 283 g/mol. The van der Waals surface area contributed by atoms with Crippen LogP contribution in [0.5, 0.6) is 0 Å². The number of nitrogens with two attached hydrogens (primary N) is 1. The molecular formula is C13H21N3O2S. The van der Waals surface area contributed by atoms with E-state index in [1.165, 1.54) is 5.56 Å². The van der Waals surface area contributed by atoms with Crippen LogP contribution in [0.15, 0.2) is 22.0 Å². The fourth-order valence-electron chi connectivity index (χ4n) is 1.93. The first-order chi connectivity index (χ1) is 9.08. The highest BCUT2D eigenvalue weighted by Gasteiger charge is 2.23. The van der Waals surface area contributed by atoms with Crippen LogP contribution >= 0.6 is 11.3 Å². The molecule has 0 saturated heterocycles. The zero-order valence-electron chi connectivity index (χ0n) is 11.3. The first kappa shape index (κ1) is 15.5. The van der Waals surface area contributed by atoms with Gasteiger partial charge in [-0.25, -0.2) is 0 Å². The van der Waals surface area contributed by atoms with E-state index < -0.39 is 5.92 Å². The minimum atomic E-state index is -0.556. The molecule has 1 amide bonds. The Hall–Kier alpha value is -1.56. The number of amides is 1. The van der Waals surface area contributed by atoms with Gasteiger partial charge < -0.3 is 16.3 Å². The summed E-state index contributed by atoms with van der Waals surface area (Å²) in [5.74, 6) is -0.762. The first-order valence-corrected chi connectivity index (χ1v) is 7.31. The Bertz CT molecular complexity index is 418. The molecule has 0 fully saturated rings. The summed E-state index contributed by atoms with van der Waals surface area (Å²) in [6.07, 6.45) is 2.16. The molecule has 0 saturated carbocycles. The third-order valence-electron chi connectivity index (χ3n) is 2.88. The maximum Gasteiger partial charge on any atom is 0.231 e. The molecular weight excluding hydrogens is 262 g/mol. The quantitative estimate of drug-likeness (QED) is 0.309. The Labute approximate surface area is 117 Å². The van der Waals surface area contributed by atoms with Crippen molar-refractivity contribution in [3.8, 4) is 0 Å². The molecule has 4 N–H and O–H groups in total. The predicted molar refractivity (Wildman–Crippen MR) is 77.4 cm³/mol. The van der Waals surface area contributed by atoms with Crippen LogP contribution < -0.4 is 11.1 Å². The van der Waals surface area contributed by atoms with Gasteiger partial charge >= 0.3 is 0 Å². The van der Waals surface area contributed by atoms with Crippen LogP contribution in [0.2, 0.25) is 0 Å². The van der Waals surface area contributed by atoms with E-state index in [4.69, 9.17) is 10.9 Å². The average Bonchev–Trinajstić information content (AvgIpc) is 2.87. The molecule has 19 heavy (non-hydrogen) atoms. The van der Waals surface area contributed by atoms with E-state index in [0.29, 0.717) is 6.42 Å². The molecule has 2 atom stereocenters. The highest BCUT2D eigenvalue weighted by molar-refractivity contribution is 7.07. The molecule has 0 aliphatic rings. The van der Waals surface area contributed by atoms with Gasteiger partial charge in [-0.2, -0.15) is 11.3 Å². The van der Waals surface area contributed by atoms with E-state index in [0.717, 1.165) is 12.8 Å². The molecule has 106 valence electrons. The summed E-state index contributed by atoms with van der Waals surface area (Å²) in [5, 5.41) is 18.6. The molecule has 0 aromatic carbocycles. The minimum Gasteiger partial charge on any atom is -0.409 e. The van der Waals surface area contributed by atoms with Crippen molar-refractivity contribution in [2.24, 2.45) is 16.8 Å². The van der Waals surface area contributed by atoms with Gasteiger partial charge in [0.1, 0.15) is 0 Å². The zero-order valence-corrected chi connectivity index (χ0v) is 12.1. The summed E-state index contributed by atoms with van der Waals surface area (Å²) >= 11 is 1.64. The Kier molecular flexibility index (Phi) is 6.35. The lowest BCUT2D eigenvalue weighted by Gasteiger charge is -2.18. The Morgan fingerprint density at radius 3 is 2.89 bits per heavy atom. The van der Waals surface area contributed by atoms with Crippen LogP contribution in [0, 0.1) is 5.92 Å². The normalized spacial score (nSPS) is 14.9. The van der Waals surface area contributed by atoms with Gasteiger partial charge in [0.15, 0.2) is 5.84 Å². The number of amidine groups is 1. The van der Waals surface area contributed by atoms with Crippen molar-refractivity contribution >= 4 is 23.1 Å². The minimum absolute atomic E-state index is 0.0212. The van der Waals surface area contributed by atoms with Crippen LogP contribution in [0.25, 0.3) is 0 Å². The lowest BCUT2D eigenvalue weighted by molar-refractivity contribution is -0.123. The lowest BCUT2D eigenvalue weighted by atomic mass is 10.0. The maximum atomic E-state index is 12.1. The average molecular weight is 283 g/mol. The standard InChI is InChI=1S/C13H21N3O2S/c1-3-4-11(12(14)16-18)13(17)15-9(2)7-10-5-6-19-8-10/h5-6,8-9,11,18H,3-4,7H2,1-2H3,(H2,14,16)(H,15,17).